The molecular weight excluding hydrogens is 1020 g/mol. The Morgan fingerprint density at radius 2 is 0.810 bits per heavy atom. The number of rotatable bonds is 45. The van der Waals surface area contributed by atoms with Gasteiger partial charge < -0.3 is 89.9 Å². The van der Waals surface area contributed by atoms with Gasteiger partial charge in [0.1, 0.15) is 73.2 Å². The summed E-state index contributed by atoms with van der Waals surface area (Å²) in [4.78, 5) is 13.2. The average molecular weight is 1130 g/mol. The van der Waals surface area contributed by atoms with Crippen molar-refractivity contribution in [2.75, 3.05) is 26.4 Å². The minimum absolute atomic E-state index is 0.233. The molecule has 0 radical (unpaired) electrons. The lowest BCUT2D eigenvalue weighted by Crippen LogP contribution is -2.66. The van der Waals surface area contributed by atoms with E-state index >= 15 is 0 Å². The highest BCUT2D eigenvalue weighted by atomic mass is 16.8. The van der Waals surface area contributed by atoms with Crippen LogP contribution in [0.3, 0.4) is 0 Å². The molecule has 17 atom stereocenters. The van der Waals surface area contributed by atoms with E-state index in [0.717, 1.165) is 44.9 Å². The number of unbranched alkanes of at least 4 members (excludes halogenated alkanes) is 25. The minimum atomic E-state index is -1.98. The Morgan fingerprint density at radius 3 is 1.27 bits per heavy atom. The van der Waals surface area contributed by atoms with Crippen LogP contribution in [0.15, 0.2) is 36.5 Å². The van der Waals surface area contributed by atoms with Gasteiger partial charge in [0.05, 0.1) is 38.6 Å². The second kappa shape index (κ2) is 43.6. The van der Waals surface area contributed by atoms with E-state index in [0.29, 0.717) is 12.8 Å². The van der Waals surface area contributed by atoms with E-state index in [1.807, 2.05) is 6.08 Å². The summed E-state index contributed by atoms with van der Waals surface area (Å²) in [6, 6.07) is -0.991. The Morgan fingerprint density at radius 1 is 0.443 bits per heavy atom. The third-order valence-electron chi connectivity index (χ3n) is 15.4. The Kier molecular flexibility index (Phi) is 39.4. The predicted octanol–water partition coefficient (Wildman–Crippen LogP) is 5.71. The molecule has 3 rings (SSSR count). The topological polar surface area (TPSA) is 307 Å². The molecule has 12 N–H and O–H groups in total. The Balaban J connectivity index is 1.46. The Labute approximate surface area is 472 Å². The standard InChI is InChI=1S/C60H109NO18/c1-3-5-7-9-11-13-14-15-16-17-18-19-20-21-22-23-24-25-26-27-28-30-31-33-35-37-44(65)43(61-48(66)38-36-34-32-29-12-10-8-6-4-2)42-74-58-54(72)51(69)56(46(40-63)76-58)79-60-55(73)52(70)57(47(41-64)77-60)78-59-53(71)50(68)49(67)45(39-62)75-59/h24-25,28,30,35,37,43-47,49-60,62-65,67-73H,3-23,26-27,29,31-34,36,38-42H2,1-2H3,(H,61,66)/b25-24+,30-28+,37-35+. The van der Waals surface area contributed by atoms with Crippen molar-refractivity contribution in [3.63, 3.8) is 0 Å². The van der Waals surface area contributed by atoms with E-state index in [4.69, 9.17) is 28.4 Å². The fourth-order valence-electron chi connectivity index (χ4n) is 10.3. The summed E-state index contributed by atoms with van der Waals surface area (Å²) >= 11 is 0. The molecule has 0 aromatic rings. The second-order valence-electron chi connectivity index (χ2n) is 22.2. The van der Waals surface area contributed by atoms with Crippen LogP contribution in [-0.4, -0.2) is 193 Å². The summed E-state index contributed by atoms with van der Waals surface area (Å²) in [5.41, 5.74) is 0. The quantitative estimate of drug-likeness (QED) is 0.0257. The molecule has 17 unspecified atom stereocenters. The second-order valence-corrected chi connectivity index (χ2v) is 22.2. The van der Waals surface area contributed by atoms with Crippen molar-refractivity contribution in [3.05, 3.63) is 36.5 Å². The monoisotopic (exact) mass is 1130 g/mol. The number of ether oxygens (including phenoxy) is 6. The lowest BCUT2D eigenvalue weighted by atomic mass is 9.96. The van der Waals surface area contributed by atoms with Crippen molar-refractivity contribution in [1.82, 2.24) is 5.32 Å². The SMILES string of the molecule is CCCCCCCCCCCCCCCCC/C=C/CC/C=C/CC/C=C/C(O)C(COC1OC(CO)C(OC2OC(CO)C(OC3OC(CO)C(O)C(O)C3O)C(O)C2O)C(O)C1O)NC(=O)CCCCCCCCCCC. The van der Waals surface area contributed by atoms with Gasteiger partial charge in [-0.25, -0.2) is 0 Å². The molecule has 462 valence electrons. The third-order valence-corrected chi connectivity index (χ3v) is 15.4. The smallest absolute Gasteiger partial charge is 0.220 e. The number of carbonyl (C=O) groups is 1. The van der Waals surface area contributed by atoms with Gasteiger partial charge in [0, 0.05) is 6.42 Å². The van der Waals surface area contributed by atoms with Crippen molar-refractivity contribution < 1.29 is 89.4 Å². The first kappa shape index (κ1) is 71.3. The number of aliphatic hydroxyl groups excluding tert-OH is 11. The van der Waals surface area contributed by atoms with Crippen LogP contribution in [0.2, 0.25) is 0 Å². The lowest BCUT2D eigenvalue weighted by Gasteiger charge is -2.48. The zero-order valence-electron chi connectivity index (χ0n) is 48.1. The molecule has 3 heterocycles. The van der Waals surface area contributed by atoms with Crippen LogP contribution in [0.1, 0.15) is 206 Å². The molecule has 0 aliphatic carbocycles. The zero-order valence-corrected chi connectivity index (χ0v) is 48.1. The van der Waals surface area contributed by atoms with E-state index in [2.05, 4.69) is 43.5 Å². The van der Waals surface area contributed by atoms with Gasteiger partial charge in [-0.05, 0) is 44.9 Å². The number of carbonyl (C=O) groups excluding carboxylic acids is 1. The van der Waals surface area contributed by atoms with Crippen LogP contribution in [0.4, 0.5) is 0 Å². The lowest BCUT2D eigenvalue weighted by molar-refractivity contribution is -0.379. The molecule has 19 nitrogen and oxygen atoms in total. The molecule has 3 fully saturated rings. The van der Waals surface area contributed by atoms with Crippen LogP contribution in [-0.2, 0) is 33.2 Å². The molecule has 19 heteroatoms. The largest absolute Gasteiger partial charge is 0.394 e. The van der Waals surface area contributed by atoms with E-state index in [1.54, 1.807) is 6.08 Å². The maximum Gasteiger partial charge on any atom is 0.220 e. The molecule has 0 aromatic carbocycles. The highest BCUT2D eigenvalue weighted by molar-refractivity contribution is 5.76. The molecular formula is C60H109NO18. The van der Waals surface area contributed by atoms with Crippen molar-refractivity contribution in [2.45, 2.75) is 311 Å². The maximum atomic E-state index is 13.2. The molecule has 3 aliphatic heterocycles. The van der Waals surface area contributed by atoms with Crippen LogP contribution in [0.5, 0.6) is 0 Å². The molecule has 0 saturated carbocycles. The molecule has 3 saturated heterocycles. The van der Waals surface area contributed by atoms with E-state index < -0.39 is 124 Å². The molecule has 79 heavy (non-hydrogen) atoms. The van der Waals surface area contributed by atoms with Crippen LogP contribution in [0.25, 0.3) is 0 Å². The number of nitrogens with one attached hydrogen (secondary N) is 1. The Hall–Kier alpha value is -1.99. The average Bonchev–Trinajstić information content (AvgIpc) is 3.55. The van der Waals surface area contributed by atoms with Crippen molar-refractivity contribution in [3.8, 4) is 0 Å². The van der Waals surface area contributed by atoms with Gasteiger partial charge in [0.2, 0.25) is 5.91 Å². The van der Waals surface area contributed by atoms with Gasteiger partial charge >= 0.3 is 0 Å². The summed E-state index contributed by atoms with van der Waals surface area (Å²) in [5.74, 6) is -0.294. The van der Waals surface area contributed by atoms with Crippen molar-refractivity contribution >= 4 is 5.91 Å². The summed E-state index contributed by atoms with van der Waals surface area (Å²) < 4.78 is 34.2. The van der Waals surface area contributed by atoms with Crippen molar-refractivity contribution in [1.29, 1.82) is 0 Å². The van der Waals surface area contributed by atoms with Crippen molar-refractivity contribution in [2.24, 2.45) is 0 Å². The highest BCUT2D eigenvalue weighted by Gasteiger charge is 2.53. The first-order valence-corrected chi connectivity index (χ1v) is 30.7. The van der Waals surface area contributed by atoms with Gasteiger partial charge in [-0.1, -0.05) is 192 Å². The van der Waals surface area contributed by atoms with Crippen LogP contribution in [0, 0.1) is 0 Å². The maximum absolute atomic E-state index is 13.2. The van der Waals surface area contributed by atoms with E-state index in [9.17, 15) is 61.0 Å². The first-order valence-electron chi connectivity index (χ1n) is 30.7. The molecule has 0 aromatic heterocycles. The third kappa shape index (κ3) is 27.5. The fraction of sp³-hybridized carbons (Fsp3) is 0.883. The first-order chi connectivity index (χ1) is 38.3. The fourth-order valence-corrected chi connectivity index (χ4v) is 10.3. The van der Waals surface area contributed by atoms with E-state index in [1.165, 1.54) is 128 Å². The number of hydrogen-bond acceptors (Lipinski definition) is 18. The summed E-state index contributed by atoms with van der Waals surface area (Å²) in [6.07, 6.45) is 20.2. The normalized spacial score (nSPS) is 30.5. The Bertz CT molecular complexity index is 1590. The van der Waals surface area contributed by atoms with Gasteiger partial charge in [-0.3, -0.25) is 4.79 Å². The number of amides is 1. The summed E-state index contributed by atoms with van der Waals surface area (Å²) in [7, 11) is 0. The van der Waals surface area contributed by atoms with Gasteiger partial charge in [-0.15, -0.1) is 0 Å². The summed E-state index contributed by atoms with van der Waals surface area (Å²) in [6.45, 7) is 1.66. The van der Waals surface area contributed by atoms with Crippen LogP contribution < -0.4 is 5.32 Å². The van der Waals surface area contributed by atoms with Gasteiger partial charge in [-0.2, -0.15) is 0 Å². The van der Waals surface area contributed by atoms with Crippen LogP contribution >= 0.6 is 0 Å². The number of hydrogen-bond donors (Lipinski definition) is 12. The number of aliphatic hydroxyl groups is 11. The highest BCUT2D eigenvalue weighted by Crippen LogP contribution is 2.33. The van der Waals surface area contributed by atoms with Gasteiger partial charge in [0.15, 0.2) is 18.9 Å². The minimum Gasteiger partial charge on any atom is -0.394 e. The molecule has 0 bridgehead atoms. The van der Waals surface area contributed by atoms with E-state index in [-0.39, 0.29) is 18.9 Å². The molecule has 3 aliphatic rings. The molecule has 1 amide bonds. The predicted molar refractivity (Wildman–Crippen MR) is 300 cm³/mol. The van der Waals surface area contributed by atoms with Gasteiger partial charge in [0.25, 0.3) is 0 Å². The zero-order chi connectivity index (χ0) is 57.6. The molecule has 0 spiro atoms. The summed E-state index contributed by atoms with van der Waals surface area (Å²) in [5, 5.41) is 120. The number of allylic oxidation sites excluding steroid dienone is 5.